The Morgan fingerprint density at radius 1 is 1.00 bits per heavy atom. The van der Waals surface area contributed by atoms with Gasteiger partial charge in [-0.2, -0.15) is 0 Å². The van der Waals surface area contributed by atoms with Crippen LogP contribution in [-0.2, 0) is 10.0 Å². The van der Waals surface area contributed by atoms with Crippen LogP contribution in [0.25, 0.3) is 10.9 Å². The molecule has 7 nitrogen and oxygen atoms in total. The number of fused-ring (bicyclic) bond motifs is 1. The zero-order valence-electron chi connectivity index (χ0n) is 17.8. The summed E-state index contributed by atoms with van der Waals surface area (Å²) in [5, 5.41) is 0.893. The molecule has 0 N–H and O–H groups in total. The molecule has 4 rings (SSSR count). The fourth-order valence-corrected chi connectivity index (χ4v) is 5.90. The van der Waals surface area contributed by atoms with Crippen molar-refractivity contribution >= 4 is 42.5 Å². The van der Waals surface area contributed by atoms with Crippen molar-refractivity contribution in [2.45, 2.75) is 11.8 Å². The Kier molecular flexibility index (Phi) is 6.18. The number of methoxy groups -OCH3 is 2. The van der Waals surface area contributed by atoms with E-state index in [1.54, 1.807) is 18.3 Å². The van der Waals surface area contributed by atoms with Gasteiger partial charge in [-0.15, -0.1) is 0 Å². The van der Waals surface area contributed by atoms with E-state index in [0.717, 1.165) is 48.3 Å². The minimum absolute atomic E-state index is 0.0662. The van der Waals surface area contributed by atoms with Gasteiger partial charge in [0.1, 0.15) is 16.4 Å². The summed E-state index contributed by atoms with van der Waals surface area (Å²) in [6.45, 7) is 6.78. The number of halogens is 1. The summed E-state index contributed by atoms with van der Waals surface area (Å²) in [5.41, 5.74) is 1.54. The van der Waals surface area contributed by atoms with Gasteiger partial charge in [-0.25, -0.2) is 12.4 Å². The summed E-state index contributed by atoms with van der Waals surface area (Å²) in [7, 11) is -0.956. The molecule has 166 valence electrons. The van der Waals surface area contributed by atoms with E-state index in [2.05, 4.69) is 32.7 Å². The standard InChI is InChI=1S/C22H26BrN3O4S/c1-4-24-9-11-25(12-10-24)20-15-26(19-7-5-16(23)13-18(19)20)31(27,28)22-14-17(29-2)6-8-21(22)30-3/h5-8,13-15H,4,9-12H2,1-3H3. The summed E-state index contributed by atoms with van der Waals surface area (Å²) in [4.78, 5) is 4.72. The van der Waals surface area contributed by atoms with Gasteiger partial charge in [0.25, 0.3) is 10.0 Å². The van der Waals surface area contributed by atoms with E-state index in [9.17, 15) is 8.42 Å². The monoisotopic (exact) mass is 507 g/mol. The van der Waals surface area contributed by atoms with Crippen molar-refractivity contribution in [2.24, 2.45) is 0 Å². The Bertz CT molecular complexity index is 1200. The van der Waals surface area contributed by atoms with E-state index in [0.29, 0.717) is 11.3 Å². The second-order valence-electron chi connectivity index (χ2n) is 7.41. The molecule has 1 aromatic heterocycles. The lowest BCUT2D eigenvalue weighted by Crippen LogP contribution is -2.46. The van der Waals surface area contributed by atoms with Crippen molar-refractivity contribution in [2.75, 3.05) is 51.8 Å². The number of piperazine rings is 1. The van der Waals surface area contributed by atoms with Crippen LogP contribution in [-0.4, -0.2) is 64.2 Å². The van der Waals surface area contributed by atoms with Crippen molar-refractivity contribution < 1.29 is 17.9 Å². The Hall–Kier alpha value is -2.23. The van der Waals surface area contributed by atoms with E-state index < -0.39 is 10.0 Å². The van der Waals surface area contributed by atoms with Crippen LogP contribution in [0.2, 0.25) is 0 Å². The fraction of sp³-hybridized carbons (Fsp3) is 0.364. The van der Waals surface area contributed by atoms with E-state index in [4.69, 9.17) is 9.47 Å². The molecule has 0 spiro atoms. The molecule has 0 radical (unpaired) electrons. The topological polar surface area (TPSA) is 64.0 Å². The molecule has 9 heteroatoms. The highest BCUT2D eigenvalue weighted by molar-refractivity contribution is 9.10. The maximum atomic E-state index is 13.8. The van der Waals surface area contributed by atoms with Gasteiger partial charge in [0.15, 0.2) is 0 Å². The fourth-order valence-electron chi connectivity index (χ4n) is 4.00. The van der Waals surface area contributed by atoms with Crippen LogP contribution in [0.3, 0.4) is 0 Å². The van der Waals surface area contributed by atoms with Gasteiger partial charge in [-0.1, -0.05) is 22.9 Å². The van der Waals surface area contributed by atoms with Gasteiger partial charge in [-0.05, 0) is 36.9 Å². The van der Waals surface area contributed by atoms with Crippen LogP contribution in [0.5, 0.6) is 11.5 Å². The maximum Gasteiger partial charge on any atom is 0.272 e. The quantitative estimate of drug-likeness (QED) is 0.505. The van der Waals surface area contributed by atoms with Gasteiger partial charge < -0.3 is 19.3 Å². The summed E-state index contributed by atoms with van der Waals surface area (Å²) < 4.78 is 40.4. The number of likely N-dealkylation sites (N-methyl/N-ethyl adjacent to an activating group) is 1. The Morgan fingerprint density at radius 3 is 2.39 bits per heavy atom. The van der Waals surface area contributed by atoms with Crippen molar-refractivity contribution in [1.29, 1.82) is 0 Å². The normalized spacial score (nSPS) is 15.4. The molecule has 2 heterocycles. The molecule has 0 aliphatic carbocycles. The van der Waals surface area contributed by atoms with Crippen molar-refractivity contribution in [1.82, 2.24) is 8.87 Å². The average Bonchev–Trinajstić information content (AvgIpc) is 3.18. The number of hydrogen-bond acceptors (Lipinski definition) is 6. The third-order valence-corrected chi connectivity index (χ3v) is 7.97. The predicted octanol–water partition coefficient (Wildman–Crippen LogP) is 3.80. The number of aromatic nitrogens is 1. The Labute approximate surface area is 191 Å². The largest absolute Gasteiger partial charge is 0.497 e. The highest BCUT2D eigenvalue weighted by Crippen LogP contribution is 2.37. The van der Waals surface area contributed by atoms with Gasteiger partial charge in [0, 0.05) is 48.3 Å². The minimum Gasteiger partial charge on any atom is -0.497 e. The SMILES string of the molecule is CCN1CCN(c2cn(S(=O)(=O)c3cc(OC)ccc3OC)c3ccc(Br)cc23)CC1. The molecule has 0 unspecified atom stereocenters. The molecule has 0 bridgehead atoms. The first-order valence-electron chi connectivity index (χ1n) is 10.1. The maximum absolute atomic E-state index is 13.8. The highest BCUT2D eigenvalue weighted by Gasteiger charge is 2.28. The summed E-state index contributed by atoms with van der Waals surface area (Å²) >= 11 is 3.54. The Balaban J connectivity index is 1.87. The molecule has 3 aromatic rings. The molecular weight excluding hydrogens is 482 g/mol. The van der Waals surface area contributed by atoms with Crippen molar-refractivity contribution in [3.63, 3.8) is 0 Å². The summed E-state index contributed by atoms with van der Waals surface area (Å²) in [6, 6.07) is 10.5. The molecule has 1 aliphatic rings. The van der Waals surface area contributed by atoms with Crippen LogP contribution < -0.4 is 14.4 Å². The number of ether oxygens (including phenoxy) is 2. The number of rotatable bonds is 6. The van der Waals surface area contributed by atoms with Crippen LogP contribution in [0.1, 0.15) is 6.92 Å². The second-order valence-corrected chi connectivity index (χ2v) is 10.1. The molecule has 1 saturated heterocycles. The van der Waals surface area contributed by atoms with Crippen LogP contribution in [0.4, 0.5) is 5.69 Å². The molecule has 0 amide bonds. The molecule has 31 heavy (non-hydrogen) atoms. The first-order chi connectivity index (χ1) is 14.9. The van der Waals surface area contributed by atoms with E-state index in [1.165, 1.54) is 24.3 Å². The van der Waals surface area contributed by atoms with Crippen LogP contribution in [0.15, 0.2) is 52.0 Å². The first kappa shape index (κ1) is 22.0. The molecule has 0 saturated carbocycles. The minimum atomic E-state index is -3.93. The molecular formula is C22H26BrN3O4S. The molecule has 2 aromatic carbocycles. The van der Waals surface area contributed by atoms with Gasteiger partial charge in [-0.3, -0.25) is 0 Å². The summed E-state index contributed by atoms with van der Waals surface area (Å²) in [5.74, 6) is 0.729. The molecule has 1 aliphatic heterocycles. The smallest absolute Gasteiger partial charge is 0.272 e. The number of anilines is 1. The predicted molar refractivity (Wildman–Crippen MR) is 126 cm³/mol. The lowest BCUT2D eigenvalue weighted by atomic mass is 10.2. The van der Waals surface area contributed by atoms with Gasteiger partial charge in [0.2, 0.25) is 0 Å². The van der Waals surface area contributed by atoms with Crippen LogP contribution in [0, 0.1) is 0 Å². The third-order valence-electron chi connectivity index (χ3n) is 5.78. The zero-order chi connectivity index (χ0) is 22.2. The van der Waals surface area contributed by atoms with Gasteiger partial charge >= 0.3 is 0 Å². The Morgan fingerprint density at radius 2 is 1.74 bits per heavy atom. The molecule has 1 fully saturated rings. The van der Waals surface area contributed by atoms with Crippen LogP contribution >= 0.6 is 15.9 Å². The van der Waals surface area contributed by atoms with Crippen molar-refractivity contribution in [3.05, 3.63) is 47.1 Å². The van der Waals surface area contributed by atoms with Gasteiger partial charge in [0.05, 0.1) is 25.4 Å². The lowest BCUT2D eigenvalue weighted by molar-refractivity contribution is 0.271. The number of hydrogen-bond donors (Lipinski definition) is 0. The zero-order valence-corrected chi connectivity index (χ0v) is 20.2. The highest BCUT2D eigenvalue weighted by atomic mass is 79.9. The third kappa shape index (κ3) is 4.02. The van der Waals surface area contributed by atoms with E-state index in [-0.39, 0.29) is 10.6 Å². The summed E-state index contributed by atoms with van der Waals surface area (Å²) in [6.07, 6.45) is 1.73. The average molecular weight is 508 g/mol. The first-order valence-corrected chi connectivity index (χ1v) is 12.4. The lowest BCUT2D eigenvalue weighted by Gasteiger charge is -2.35. The van der Waals surface area contributed by atoms with E-state index in [1.807, 2.05) is 18.2 Å². The van der Waals surface area contributed by atoms with Crippen molar-refractivity contribution in [3.8, 4) is 11.5 Å². The number of benzene rings is 2. The van der Waals surface area contributed by atoms with E-state index >= 15 is 0 Å². The molecule has 0 atom stereocenters. The number of nitrogens with zero attached hydrogens (tertiary/aromatic N) is 3. The second kappa shape index (κ2) is 8.72.